The highest BCUT2D eigenvalue weighted by Gasteiger charge is 2.66. The van der Waals surface area contributed by atoms with Gasteiger partial charge in [0.2, 0.25) is 11.6 Å². The number of fused-ring (bicyclic) bond motifs is 1. The van der Waals surface area contributed by atoms with Crippen molar-refractivity contribution >= 4 is 0 Å². The molecule has 0 aliphatic carbocycles. The molecular formula is C18H24N2O3. The van der Waals surface area contributed by atoms with Gasteiger partial charge in [-0.15, -0.1) is 6.58 Å². The highest BCUT2D eigenvalue weighted by atomic mass is 16.7. The second-order valence-corrected chi connectivity index (χ2v) is 5.97. The van der Waals surface area contributed by atoms with Crippen LogP contribution in [0.5, 0.6) is 0 Å². The van der Waals surface area contributed by atoms with Crippen LogP contribution in [0.3, 0.4) is 0 Å². The molecule has 1 aromatic carbocycles. The third-order valence-corrected chi connectivity index (χ3v) is 5.00. The van der Waals surface area contributed by atoms with Gasteiger partial charge in [-0.25, -0.2) is 0 Å². The lowest BCUT2D eigenvalue weighted by Crippen LogP contribution is -2.67. The van der Waals surface area contributed by atoms with Gasteiger partial charge in [0.25, 0.3) is 0 Å². The van der Waals surface area contributed by atoms with Crippen molar-refractivity contribution in [3.05, 3.63) is 60.9 Å². The second kappa shape index (κ2) is 5.76. The zero-order chi connectivity index (χ0) is 16.6. The first-order valence-corrected chi connectivity index (χ1v) is 7.80. The van der Waals surface area contributed by atoms with Crippen molar-refractivity contribution in [2.45, 2.75) is 24.7 Å². The standard InChI is InChI=1S/C18H24N2O3/c1-5-17-11-12-21-16(17,2)23-15(17)13-22-18(19-3,20-4)14-9-7-6-8-10-14/h5-12,15,19-20H,1,13H2,2-4H3/t15-,16+,17-/m0/s1. The average Bonchev–Trinajstić information content (AvgIpc) is 2.84. The second-order valence-electron chi connectivity index (χ2n) is 5.97. The molecule has 2 N–H and O–H groups in total. The molecule has 0 bridgehead atoms. The Morgan fingerprint density at radius 1 is 1.30 bits per heavy atom. The molecule has 2 aliphatic rings. The van der Waals surface area contributed by atoms with Crippen molar-refractivity contribution < 1.29 is 14.2 Å². The van der Waals surface area contributed by atoms with E-state index in [4.69, 9.17) is 14.2 Å². The molecule has 2 heterocycles. The zero-order valence-electron chi connectivity index (χ0n) is 13.8. The van der Waals surface area contributed by atoms with Gasteiger partial charge in [0, 0.05) is 12.5 Å². The maximum absolute atomic E-state index is 6.21. The highest BCUT2D eigenvalue weighted by molar-refractivity contribution is 5.28. The van der Waals surface area contributed by atoms with Crippen LogP contribution in [0.15, 0.2) is 55.3 Å². The maximum Gasteiger partial charge on any atom is 0.222 e. The van der Waals surface area contributed by atoms with Crippen LogP contribution in [0.2, 0.25) is 0 Å². The number of nitrogens with one attached hydrogen (secondary N) is 2. The van der Waals surface area contributed by atoms with E-state index in [1.54, 1.807) is 6.26 Å². The van der Waals surface area contributed by atoms with Gasteiger partial charge in [-0.3, -0.25) is 10.6 Å². The molecule has 3 atom stereocenters. The third kappa shape index (κ3) is 2.23. The molecule has 0 aromatic heterocycles. The van der Waals surface area contributed by atoms with Crippen molar-refractivity contribution in [2.24, 2.45) is 5.41 Å². The third-order valence-electron chi connectivity index (χ3n) is 5.00. The topological polar surface area (TPSA) is 51.8 Å². The normalized spacial score (nSPS) is 32.0. The lowest BCUT2D eigenvalue weighted by molar-refractivity contribution is -0.372. The van der Waals surface area contributed by atoms with Crippen LogP contribution >= 0.6 is 0 Å². The molecule has 2 aliphatic heterocycles. The Bertz CT molecular complexity index is 600. The number of hydrogen-bond acceptors (Lipinski definition) is 5. The van der Waals surface area contributed by atoms with E-state index in [0.717, 1.165) is 5.56 Å². The fourth-order valence-electron chi connectivity index (χ4n) is 3.44. The molecule has 0 radical (unpaired) electrons. The van der Waals surface area contributed by atoms with Crippen molar-refractivity contribution in [1.29, 1.82) is 0 Å². The van der Waals surface area contributed by atoms with E-state index < -0.39 is 11.6 Å². The summed E-state index contributed by atoms with van der Waals surface area (Å²) in [6, 6.07) is 9.98. The largest absolute Gasteiger partial charge is 0.469 e. The van der Waals surface area contributed by atoms with Crippen molar-refractivity contribution in [3.63, 3.8) is 0 Å². The first-order chi connectivity index (χ1) is 11.1. The van der Waals surface area contributed by atoms with E-state index in [0.29, 0.717) is 6.61 Å². The molecule has 124 valence electrons. The van der Waals surface area contributed by atoms with Gasteiger partial charge >= 0.3 is 0 Å². The molecular weight excluding hydrogens is 292 g/mol. The Morgan fingerprint density at radius 2 is 2.00 bits per heavy atom. The summed E-state index contributed by atoms with van der Waals surface area (Å²) >= 11 is 0. The molecule has 0 amide bonds. The van der Waals surface area contributed by atoms with Crippen LogP contribution in [0.4, 0.5) is 0 Å². The lowest BCUT2D eigenvalue weighted by Gasteiger charge is -2.55. The monoisotopic (exact) mass is 316 g/mol. The zero-order valence-corrected chi connectivity index (χ0v) is 13.8. The number of hydrogen-bond donors (Lipinski definition) is 2. The summed E-state index contributed by atoms with van der Waals surface area (Å²) in [7, 11) is 3.72. The van der Waals surface area contributed by atoms with E-state index in [9.17, 15) is 0 Å². The number of benzene rings is 1. The van der Waals surface area contributed by atoms with Crippen LogP contribution in [-0.4, -0.2) is 32.6 Å². The van der Waals surface area contributed by atoms with Crippen LogP contribution in [0.25, 0.3) is 0 Å². The molecule has 5 nitrogen and oxygen atoms in total. The van der Waals surface area contributed by atoms with Crippen molar-refractivity contribution in [3.8, 4) is 0 Å². The molecule has 1 fully saturated rings. The van der Waals surface area contributed by atoms with Gasteiger partial charge in [0.05, 0.1) is 12.9 Å². The Morgan fingerprint density at radius 3 is 2.57 bits per heavy atom. The minimum absolute atomic E-state index is 0.145. The SMILES string of the molecule is C=C[C@@]12C=CO[C@]1(C)O[C@H]2COC(NC)(NC)c1ccccc1. The molecule has 1 aromatic rings. The fourth-order valence-corrected chi connectivity index (χ4v) is 3.44. The van der Waals surface area contributed by atoms with Crippen molar-refractivity contribution in [1.82, 2.24) is 10.6 Å². The molecule has 0 unspecified atom stereocenters. The molecule has 0 saturated carbocycles. The summed E-state index contributed by atoms with van der Waals surface area (Å²) in [4.78, 5) is 0. The highest BCUT2D eigenvalue weighted by Crippen LogP contribution is 2.56. The summed E-state index contributed by atoms with van der Waals surface area (Å²) in [6.45, 7) is 6.27. The smallest absolute Gasteiger partial charge is 0.222 e. The van der Waals surface area contributed by atoms with E-state index in [2.05, 4.69) is 17.2 Å². The van der Waals surface area contributed by atoms with Crippen LogP contribution in [-0.2, 0) is 20.1 Å². The molecule has 5 heteroatoms. The minimum atomic E-state index is -0.776. The van der Waals surface area contributed by atoms with Gasteiger partial charge in [0.1, 0.15) is 11.5 Å². The Hall–Kier alpha value is -1.66. The summed E-state index contributed by atoms with van der Waals surface area (Å²) in [5.74, 6) is -1.44. The van der Waals surface area contributed by atoms with E-state index in [-0.39, 0.29) is 11.5 Å². The van der Waals surface area contributed by atoms with Gasteiger partial charge in [-0.1, -0.05) is 36.4 Å². The van der Waals surface area contributed by atoms with Crippen molar-refractivity contribution in [2.75, 3.05) is 20.7 Å². The Balaban J connectivity index is 1.76. The Kier molecular flexibility index (Phi) is 4.06. The first kappa shape index (κ1) is 16.2. The van der Waals surface area contributed by atoms with Gasteiger partial charge in [-0.2, -0.15) is 0 Å². The summed E-state index contributed by atoms with van der Waals surface area (Å²) in [5, 5.41) is 6.44. The maximum atomic E-state index is 6.21. The van der Waals surface area contributed by atoms with Gasteiger partial charge in [0.15, 0.2) is 0 Å². The first-order valence-electron chi connectivity index (χ1n) is 7.80. The van der Waals surface area contributed by atoms with E-state index in [1.807, 2.05) is 63.5 Å². The molecule has 3 rings (SSSR count). The van der Waals surface area contributed by atoms with Crippen LogP contribution < -0.4 is 10.6 Å². The van der Waals surface area contributed by atoms with E-state index >= 15 is 0 Å². The number of ether oxygens (including phenoxy) is 3. The summed E-state index contributed by atoms with van der Waals surface area (Å²) in [5.41, 5.74) is 0.648. The van der Waals surface area contributed by atoms with Crippen LogP contribution in [0.1, 0.15) is 12.5 Å². The predicted molar refractivity (Wildman–Crippen MR) is 88.3 cm³/mol. The Labute approximate surface area is 137 Å². The van der Waals surface area contributed by atoms with Crippen LogP contribution in [0, 0.1) is 5.41 Å². The van der Waals surface area contributed by atoms with Gasteiger partial charge < -0.3 is 14.2 Å². The number of rotatable bonds is 7. The predicted octanol–water partition coefficient (Wildman–Crippen LogP) is 2.08. The lowest BCUT2D eigenvalue weighted by atomic mass is 9.71. The molecule has 0 spiro atoms. The van der Waals surface area contributed by atoms with Gasteiger partial charge in [-0.05, 0) is 20.2 Å². The quantitative estimate of drug-likeness (QED) is 0.596. The molecule has 1 saturated heterocycles. The average molecular weight is 316 g/mol. The van der Waals surface area contributed by atoms with E-state index in [1.165, 1.54) is 0 Å². The summed E-state index contributed by atoms with van der Waals surface area (Å²) in [6.07, 6.45) is 5.42. The summed E-state index contributed by atoms with van der Waals surface area (Å²) < 4.78 is 17.7. The molecule has 23 heavy (non-hydrogen) atoms. The minimum Gasteiger partial charge on any atom is -0.469 e. The fraction of sp³-hybridized carbons (Fsp3) is 0.444.